The number of piperidine rings is 1. The maximum atomic E-state index is 12.4. The fraction of sp³-hybridized carbons (Fsp3) is 0.529. The molecule has 1 fully saturated rings. The molecule has 7 heteroatoms. The van der Waals surface area contributed by atoms with Gasteiger partial charge in [0.15, 0.2) is 0 Å². The molecular weight excluding hydrogens is 374 g/mol. The molecule has 6 nitrogen and oxygen atoms in total. The third-order valence-corrected chi connectivity index (χ3v) is 4.82. The lowest BCUT2D eigenvalue weighted by molar-refractivity contribution is -0.146. The third kappa shape index (κ3) is 4.78. The molecule has 3 N–H and O–H groups in total. The molecule has 0 radical (unpaired) electrons. The minimum Gasteiger partial charge on any atom is -0.368 e. The lowest BCUT2D eigenvalue weighted by Gasteiger charge is -2.34. The second-order valence-corrected chi connectivity index (χ2v) is 6.88. The Labute approximate surface area is 150 Å². The van der Waals surface area contributed by atoms with Gasteiger partial charge >= 0.3 is 0 Å². The maximum absolute atomic E-state index is 12.4. The molecule has 0 atom stereocenters. The van der Waals surface area contributed by atoms with Crippen molar-refractivity contribution in [2.45, 2.75) is 31.8 Å². The van der Waals surface area contributed by atoms with Crippen LogP contribution in [0.3, 0.4) is 0 Å². The van der Waals surface area contributed by atoms with Gasteiger partial charge in [0.05, 0.1) is 0 Å². The van der Waals surface area contributed by atoms with Crippen molar-refractivity contribution in [2.75, 3.05) is 32.1 Å². The van der Waals surface area contributed by atoms with Gasteiger partial charge < -0.3 is 20.7 Å². The Balaban J connectivity index is 1.81. The first kappa shape index (κ1) is 18.9. The van der Waals surface area contributed by atoms with Gasteiger partial charge in [0.25, 0.3) is 5.91 Å². The molecular formula is C17H24BrN3O3. The second kappa shape index (κ2) is 8.60. The van der Waals surface area contributed by atoms with Crippen LogP contribution in [0.2, 0.25) is 0 Å². The van der Waals surface area contributed by atoms with E-state index in [-0.39, 0.29) is 24.8 Å². The molecule has 0 unspecified atom stereocenters. The Morgan fingerprint density at radius 1 is 1.33 bits per heavy atom. The summed E-state index contributed by atoms with van der Waals surface area (Å²) in [6.07, 6.45) is 1.49. The van der Waals surface area contributed by atoms with E-state index in [0.29, 0.717) is 12.8 Å². The average Bonchev–Trinajstić information content (AvgIpc) is 2.58. The predicted molar refractivity (Wildman–Crippen MR) is 97.0 cm³/mol. The first-order valence-electron chi connectivity index (χ1n) is 8.07. The lowest BCUT2D eigenvalue weighted by atomic mass is 9.91. The van der Waals surface area contributed by atoms with Gasteiger partial charge in [-0.3, -0.25) is 9.59 Å². The van der Waals surface area contributed by atoms with E-state index >= 15 is 0 Å². The minimum atomic E-state index is -0.775. The summed E-state index contributed by atoms with van der Waals surface area (Å²) in [5, 5.41) is 8.90. The average molecular weight is 398 g/mol. The van der Waals surface area contributed by atoms with Crippen LogP contribution >= 0.6 is 15.9 Å². The molecule has 0 saturated carbocycles. The smallest absolute Gasteiger partial charge is 0.252 e. The van der Waals surface area contributed by atoms with Crippen molar-refractivity contribution in [2.24, 2.45) is 0 Å². The second-order valence-electron chi connectivity index (χ2n) is 5.96. The molecule has 1 aromatic rings. The van der Waals surface area contributed by atoms with Crippen molar-refractivity contribution in [1.82, 2.24) is 10.6 Å². The van der Waals surface area contributed by atoms with Gasteiger partial charge in [-0.15, -0.1) is 0 Å². The highest BCUT2D eigenvalue weighted by molar-refractivity contribution is 9.10. The molecule has 24 heavy (non-hydrogen) atoms. The summed E-state index contributed by atoms with van der Waals surface area (Å²) in [5.41, 5.74) is 0.985. The minimum absolute atomic E-state index is 0.131. The number of hydrogen-bond acceptors (Lipinski definition) is 4. The van der Waals surface area contributed by atoms with Crippen molar-refractivity contribution >= 4 is 33.4 Å². The molecule has 2 rings (SSSR count). The Morgan fingerprint density at radius 3 is 2.71 bits per heavy atom. The molecule has 1 saturated heterocycles. The largest absolute Gasteiger partial charge is 0.368 e. The topological polar surface area (TPSA) is 79.5 Å². The van der Waals surface area contributed by atoms with E-state index in [1.165, 1.54) is 0 Å². The maximum Gasteiger partial charge on any atom is 0.252 e. The van der Waals surface area contributed by atoms with Crippen molar-refractivity contribution in [3.63, 3.8) is 0 Å². The summed E-state index contributed by atoms with van der Waals surface area (Å²) in [4.78, 5) is 24.5. The van der Waals surface area contributed by atoms with Crippen molar-refractivity contribution in [3.8, 4) is 0 Å². The fourth-order valence-electron chi connectivity index (χ4n) is 2.75. The van der Waals surface area contributed by atoms with Gasteiger partial charge in [-0.2, -0.15) is 0 Å². The Morgan fingerprint density at radius 2 is 2.04 bits per heavy atom. The van der Waals surface area contributed by atoms with Crippen LogP contribution in [0.4, 0.5) is 5.69 Å². The molecule has 2 amide bonds. The molecule has 0 bridgehead atoms. The van der Waals surface area contributed by atoms with Crippen molar-refractivity contribution in [1.29, 1.82) is 0 Å². The Kier molecular flexibility index (Phi) is 6.77. The summed E-state index contributed by atoms with van der Waals surface area (Å²) in [7, 11) is 1.56. The summed E-state index contributed by atoms with van der Waals surface area (Å²) < 4.78 is 6.37. The van der Waals surface area contributed by atoms with E-state index in [0.717, 1.165) is 28.8 Å². The number of carbonyl (C=O) groups is 2. The number of carbonyl (C=O) groups excluding carboxylic acids is 2. The zero-order valence-electron chi connectivity index (χ0n) is 14.1. The monoisotopic (exact) mass is 397 g/mol. The number of nitrogens with one attached hydrogen (secondary N) is 3. The lowest BCUT2D eigenvalue weighted by Crippen LogP contribution is -2.54. The number of anilines is 1. The van der Waals surface area contributed by atoms with E-state index in [1.54, 1.807) is 7.11 Å². The molecule has 1 aromatic carbocycles. The summed E-state index contributed by atoms with van der Waals surface area (Å²) in [6.45, 7) is 3.73. The molecule has 0 aromatic heterocycles. The zero-order chi connectivity index (χ0) is 17.6. The van der Waals surface area contributed by atoms with E-state index in [1.807, 2.05) is 25.1 Å². The predicted octanol–water partition coefficient (Wildman–Crippen LogP) is 1.97. The molecule has 1 heterocycles. The number of rotatable bonds is 6. The quantitative estimate of drug-likeness (QED) is 0.685. The zero-order valence-corrected chi connectivity index (χ0v) is 15.7. The first-order valence-corrected chi connectivity index (χ1v) is 8.86. The van der Waals surface area contributed by atoms with Gasteiger partial charge in [0, 0.05) is 30.2 Å². The molecule has 132 valence electrons. The highest BCUT2D eigenvalue weighted by Crippen LogP contribution is 2.23. The number of halogens is 1. The molecule has 1 aliphatic rings. The van der Waals surface area contributed by atoms with Crippen molar-refractivity contribution in [3.05, 3.63) is 28.2 Å². The number of hydrogen-bond donors (Lipinski definition) is 3. The number of benzene rings is 1. The van der Waals surface area contributed by atoms with E-state index in [4.69, 9.17) is 4.74 Å². The number of aryl methyl sites for hydroxylation is 1. The normalized spacial score (nSPS) is 16.5. The third-order valence-electron chi connectivity index (χ3n) is 4.33. The Bertz CT molecular complexity index is 601. The van der Waals surface area contributed by atoms with E-state index in [2.05, 4.69) is 31.9 Å². The highest BCUT2D eigenvalue weighted by Gasteiger charge is 2.39. The first-order chi connectivity index (χ1) is 11.5. The van der Waals surface area contributed by atoms with Gasteiger partial charge in [0.1, 0.15) is 5.60 Å². The summed E-state index contributed by atoms with van der Waals surface area (Å²) in [6, 6.07) is 5.72. The van der Waals surface area contributed by atoms with Gasteiger partial charge in [-0.05, 0) is 50.6 Å². The van der Waals surface area contributed by atoms with Gasteiger partial charge in [-0.1, -0.05) is 22.0 Å². The summed E-state index contributed by atoms with van der Waals surface area (Å²) in [5.74, 6) is -0.272. The van der Waals surface area contributed by atoms with Crippen LogP contribution in [0.1, 0.15) is 24.8 Å². The number of amides is 2. The molecule has 0 aliphatic carbocycles. The van der Waals surface area contributed by atoms with Crippen molar-refractivity contribution < 1.29 is 14.3 Å². The van der Waals surface area contributed by atoms with Crippen LogP contribution in [0.25, 0.3) is 0 Å². The van der Waals surface area contributed by atoms with Crippen LogP contribution in [-0.4, -0.2) is 44.2 Å². The van der Waals surface area contributed by atoms with Crippen LogP contribution in [0.15, 0.2) is 22.7 Å². The van der Waals surface area contributed by atoms with Crippen LogP contribution in [0, 0.1) is 6.92 Å². The van der Waals surface area contributed by atoms with Gasteiger partial charge in [-0.25, -0.2) is 0 Å². The molecule has 1 aliphatic heterocycles. The fourth-order valence-corrected chi connectivity index (χ4v) is 3.11. The SMILES string of the molecule is COC1(C(=O)NCCC(=O)Nc2cc(Br)ccc2C)CCNCC1. The van der Waals surface area contributed by atoms with Crippen LogP contribution in [0.5, 0.6) is 0 Å². The molecule has 0 spiro atoms. The number of ether oxygens (including phenoxy) is 1. The highest BCUT2D eigenvalue weighted by atomic mass is 79.9. The van der Waals surface area contributed by atoms with Crippen LogP contribution in [-0.2, 0) is 14.3 Å². The van der Waals surface area contributed by atoms with E-state index < -0.39 is 5.60 Å². The Hall–Kier alpha value is -1.44. The van der Waals surface area contributed by atoms with Gasteiger partial charge in [0.2, 0.25) is 5.91 Å². The van der Waals surface area contributed by atoms with Crippen LogP contribution < -0.4 is 16.0 Å². The number of methoxy groups -OCH3 is 1. The van der Waals surface area contributed by atoms with E-state index in [9.17, 15) is 9.59 Å². The standard InChI is InChI=1S/C17H24BrN3O3/c1-12-3-4-13(18)11-14(12)21-15(22)5-8-20-16(23)17(24-2)6-9-19-10-7-17/h3-4,11,19H,5-10H2,1-2H3,(H,20,23)(H,21,22). The summed E-state index contributed by atoms with van der Waals surface area (Å²) >= 11 is 3.39.